The summed E-state index contributed by atoms with van der Waals surface area (Å²) in [6.45, 7) is 3.66. The Balaban J connectivity index is 2.60. The minimum Gasteiger partial charge on any atom is -0.328 e. The highest BCUT2D eigenvalue weighted by atomic mass is 16.1. The second-order valence-corrected chi connectivity index (χ2v) is 4.40. The van der Waals surface area contributed by atoms with Gasteiger partial charge in [0.15, 0.2) is 5.78 Å². The first-order valence-electron chi connectivity index (χ1n) is 5.34. The highest BCUT2D eigenvalue weighted by Crippen LogP contribution is 2.25. The number of H-pyrrole nitrogens is 1. The maximum atomic E-state index is 11.5. The summed E-state index contributed by atoms with van der Waals surface area (Å²) in [5.74, 6) is 0.519. The molecule has 1 N–H and O–H groups in total. The van der Waals surface area contributed by atoms with Crippen LogP contribution in [0.5, 0.6) is 0 Å². The summed E-state index contributed by atoms with van der Waals surface area (Å²) >= 11 is 0. The van der Waals surface area contributed by atoms with Crippen LogP contribution in [0.2, 0.25) is 0 Å². The Kier molecular flexibility index (Phi) is 2.47. The fourth-order valence-corrected chi connectivity index (χ4v) is 2.32. The van der Waals surface area contributed by atoms with Gasteiger partial charge >= 0.3 is 0 Å². The fourth-order valence-electron chi connectivity index (χ4n) is 2.32. The molecule has 0 amide bonds. The van der Waals surface area contributed by atoms with E-state index in [1.807, 2.05) is 0 Å². The van der Waals surface area contributed by atoms with E-state index in [-0.39, 0.29) is 11.3 Å². The van der Waals surface area contributed by atoms with Gasteiger partial charge in [-0.3, -0.25) is 9.59 Å². The lowest BCUT2D eigenvalue weighted by atomic mass is 9.83. The minimum absolute atomic E-state index is 0.123. The third-order valence-electron chi connectivity index (χ3n) is 3.10. The monoisotopic (exact) mass is 205 g/mol. The topological polar surface area (TPSA) is 49.9 Å². The summed E-state index contributed by atoms with van der Waals surface area (Å²) in [6, 6.07) is 0. The fraction of sp³-hybridized carbons (Fsp3) is 0.500. The lowest BCUT2D eigenvalue weighted by Gasteiger charge is -2.22. The highest BCUT2D eigenvalue weighted by Gasteiger charge is 2.21. The molecule has 80 valence electrons. The predicted molar refractivity (Wildman–Crippen MR) is 58.3 cm³/mol. The maximum absolute atomic E-state index is 11.5. The van der Waals surface area contributed by atoms with E-state index < -0.39 is 0 Å². The van der Waals surface area contributed by atoms with E-state index in [0.29, 0.717) is 11.5 Å². The Bertz CT molecular complexity index is 459. The van der Waals surface area contributed by atoms with Crippen molar-refractivity contribution in [2.45, 2.75) is 33.1 Å². The van der Waals surface area contributed by atoms with Crippen molar-refractivity contribution in [1.29, 1.82) is 0 Å². The van der Waals surface area contributed by atoms with E-state index >= 15 is 0 Å². The van der Waals surface area contributed by atoms with Crippen LogP contribution in [-0.4, -0.2) is 10.8 Å². The van der Waals surface area contributed by atoms with Gasteiger partial charge in [-0.05, 0) is 43.2 Å². The minimum atomic E-state index is -0.240. The molecule has 0 spiro atoms. The van der Waals surface area contributed by atoms with Crippen LogP contribution in [0.3, 0.4) is 0 Å². The number of ketones is 1. The lowest BCUT2D eigenvalue weighted by Crippen LogP contribution is -2.24. The highest BCUT2D eigenvalue weighted by molar-refractivity contribution is 5.95. The molecule has 1 unspecified atom stereocenters. The molecule has 0 radical (unpaired) electrons. The quantitative estimate of drug-likeness (QED) is 0.709. The lowest BCUT2D eigenvalue weighted by molar-refractivity contribution is 0.101. The van der Waals surface area contributed by atoms with Crippen LogP contribution in [0, 0.1) is 5.92 Å². The molecule has 1 aliphatic carbocycles. The Morgan fingerprint density at radius 3 is 2.93 bits per heavy atom. The third kappa shape index (κ3) is 1.74. The van der Waals surface area contributed by atoms with Gasteiger partial charge in [0, 0.05) is 6.20 Å². The molecular formula is C12H15NO2. The van der Waals surface area contributed by atoms with Gasteiger partial charge in [-0.2, -0.15) is 0 Å². The van der Waals surface area contributed by atoms with Gasteiger partial charge in [-0.15, -0.1) is 0 Å². The zero-order valence-corrected chi connectivity index (χ0v) is 9.09. The van der Waals surface area contributed by atoms with Crippen LogP contribution in [0.4, 0.5) is 0 Å². The average molecular weight is 205 g/mol. The van der Waals surface area contributed by atoms with Gasteiger partial charge in [0.25, 0.3) is 5.56 Å². The molecule has 0 saturated carbocycles. The van der Waals surface area contributed by atoms with Crippen LogP contribution in [-0.2, 0) is 12.8 Å². The van der Waals surface area contributed by atoms with Crippen molar-refractivity contribution in [3.63, 3.8) is 0 Å². The average Bonchev–Trinajstić information content (AvgIpc) is 2.17. The van der Waals surface area contributed by atoms with Crippen molar-refractivity contribution in [3.8, 4) is 0 Å². The Labute approximate surface area is 88.5 Å². The number of Topliss-reactive ketones (excluding diaryl/α,β-unsaturated/α-hetero) is 1. The number of hydrogen-bond acceptors (Lipinski definition) is 2. The van der Waals surface area contributed by atoms with Crippen LogP contribution in [0.25, 0.3) is 0 Å². The van der Waals surface area contributed by atoms with Gasteiger partial charge in [0.05, 0.1) is 5.56 Å². The second kappa shape index (κ2) is 3.65. The number of hydrogen-bond donors (Lipinski definition) is 1. The molecule has 1 heterocycles. The number of nitrogens with one attached hydrogen (secondary N) is 1. The van der Waals surface area contributed by atoms with E-state index in [1.54, 1.807) is 6.20 Å². The molecule has 1 aliphatic rings. The number of aromatic amines is 1. The molecule has 0 aromatic carbocycles. The molecule has 0 bridgehead atoms. The normalized spacial score (nSPS) is 19.7. The van der Waals surface area contributed by atoms with Crippen LogP contribution in [0.15, 0.2) is 11.0 Å². The van der Waals surface area contributed by atoms with Gasteiger partial charge in [-0.25, -0.2) is 0 Å². The first-order chi connectivity index (χ1) is 7.09. The number of carbonyl (C=O) groups is 1. The van der Waals surface area contributed by atoms with Gasteiger partial charge in [0.2, 0.25) is 0 Å². The Morgan fingerprint density at radius 2 is 2.27 bits per heavy atom. The van der Waals surface area contributed by atoms with Crippen molar-refractivity contribution in [2.75, 3.05) is 0 Å². The van der Waals surface area contributed by atoms with Crippen molar-refractivity contribution in [3.05, 3.63) is 33.2 Å². The number of carbonyl (C=O) groups excluding carboxylic acids is 1. The summed E-state index contributed by atoms with van der Waals surface area (Å²) in [5, 5.41) is 0. The summed E-state index contributed by atoms with van der Waals surface area (Å²) in [7, 11) is 0. The largest absolute Gasteiger partial charge is 0.328 e. The van der Waals surface area contributed by atoms with Crippen LogP contribution < -0.4 is 5.56 Å². The van der Waals surface area contributed by atoms with E-state index in [0.717, 1.165) is 30.4 Å². The molecule has 2 rings (SSSR count). The van der Waals surface area contributed by atoms with Gasteiger partial charge in [0.1, 0.15) is 0 Å². The zero-order chi connectivity index (χ0) is 11.0. The van der Waals surface area contributed by atoms with E-state index in [2.05, 4.69) is 11.9 Å². The summed E-state index contributed by atoms with van der Waals surface area (Å²) in [6.07, 6.45) is 4.65. The standard InChI is InChI=1S/C12H15NO2/c1-7-3-4-10-9(5-7)6-13-12(15)11(10)8(2)14/h6-7H,3-5H2,1-2H3,(H,13,15). The molecule has 3 nitrogen and oxygen atoms in total. The maximum Gasteiger partial charge on any atom is 0.259 e. The van der Waals surface area contributed by atoms with E-state index in [9.17, 15) is 9.59 Å². The second-order valence-electron chi connectivity index (χ2n) is 4.40. The van der Waals surface area contributed by atoms with Crippen LogP contribution >= 0.6 is 0 Å². The summed E-state index contributed by atoms with van der Waals surface area (Å²) in [5.41, 5.74) is 2.25. The molecule has 0 saturated heterocycles. The molecule has 3 heteroatoms. The third-order valence-corrected chi connectivity index (χ3v) is 3.10. The molecule has 1 aromatic rings. The zero-order valence-electron chi connectivity index (χ0n) is 9.09. The van der Waals surface area contributed by atoms with Crippen molar-refractivity contribution < 1.29 is 4.79 Å². The van der Waals surface area contributed by atoms with E-state index in [1.165, 1.54) is 6.92 Å². The molecule has 0 aliphatic heterocycles. The molecule has 1 atom stereocenters. The Hall–Kier alpha value is -1.38. The van der Waals surface area contributed by atoms with Gasteiger partial charge in [-0.1, -0.05) is 6.92 Å². The molecule has 15 heavy (non-hydrogen) atoms. The number of pyridine rings is 1. The van der Waals surface area contributed by atoms with Crippen molar-refractivity contribution >= 4 is 5.78 Å². The molecular weight excluding hydrogens is 190 g/mol. The van der Waals surface area contributed by atoms with Crippen molar-refractivity contribution in [1.82, 2.24) is 4.98 Å². The smallest absolute Gasteiger partial charge is 0.259 e. The van der Waals surface area contributed by atoms with E-state index in [4.69, 9.17) is 0 Å². The van der Waals surface area contributed by atoms with Gasteiger partial charge < -0.3 is 4.98 Å². The number of fused-ring (bicyclic) bond motifs is 1. The Morgan fingerprint density at radius 1 is 1.53 bits per heavy atom. The molecule has 0 fully saturated rings. The number of aromatic nitrogens is 1. The summed E-state index contributed by atoms with van der Waals surface area (Å²) in [4.78, 5) is 25.6. The first kappa shape index (κ1) is 10.1. The summed E-state index contributed by atoms with van der Waals surface area (Å²) < 4.78 is 0. The SMILES string of the molecule is CC(=O)c1c2c(c[nH]c1=O)CC(C)CC2. The van der Waals surface area contributed by atoms with Crippen molar-refractivity contribution in [2.24, 2.45) is 5.92 Å². The van der Waals surface area contributed by atoms with Crippen LogP contribution in [0.1, 0.15) is 41.8 Å². The molecule has 1 aromatic heterocycles. The predicted octanol–water partition coefficient (Wildman–Crippen LogP) is 1.70. The first-order valence-corrected chi connectivity index (χ1v) is 5.34. The number of rotatable bonds is 1.